The SMILES string of the molecule is C=C1CC(c2ccccc2)C(CCCC)(CO[SiH](C)C)C1. The average Bonchev–Trinajstić information content (AvgIpc) is 2.81. The fourth-order valence-corrected chi connectivity index (χ4v) is 4.37. The Bertz CT molecular complexity index is 454. The molecular formula is C19H30OSi. The minimum atomic E-state index is -0.976. The van der Waals surface area contributed by atoms with Gasteiger partial charge in [0.05, 0.1) is 0 Å². The highest BCUT2D eigenvalue weighted by Crippen LogP contribution is 2.54. The molecule has 0 bridgehead atoms. The van der Waals surface area contributed by atoms with Crippen LogP contribution >= 0.6 is 0 Å². The molecule has 0 aromatic heterocycles. The van der Waals surface area contributed by atoms with Gasteiger partial charge in [-0.25, -0.2) is 0 Å². The van der Waals surface area contributed by atoms with Gasteiger partial charge < -0.3 is 4.43 Å². The number of hydrogen-bond acceptors (Lipinski definition) is 1. The second-order valence-corrected chi connectivity index (χ2v) is 9.35. The summed E-state index contributed by atoms with van der Waals surface area (Å²) >= 11 is 0. The largest absolute Gasteiger partial charge is 0.420 e. The molecule has 1 saturated carbocycles. The monoisotopic (exact) mass is 302 g/mol. The maximum Gasteiger partial charge on any atom is 0.170 e. The summed E-state index contributed by atoms with van der Waals surface area (Å²) in [5.74, 6) is 0.588. The Morgan fingerprint density at radius 1 is 1.29 bits per heavy atom. The lowest BCUT2D eigenvalue weighted by Gasteiger charge is -2.36. The molecule has 0 heterocycles. The summed E-state index contributed by atoms with van der Waals surface area (Å²) in [6, 6.07) is 11.0. The molecular weight excluding hydrogens is 272 g/mol. The Morgan fingerprint density at radius 2 is 2.00 bits per heavy atom. The quantitative estimate of drug-likeness (QED) is 0.491. The Balaban J connectivity index is 2.27. The van der Waals surface area contributed by atoms with Crippen LogP contribution in [0.5, 0.6) is 0 Å². The summed E-state index contributed by atoms with van der Waals surface area (Å²) in [5.41, 5.74) is 3.17. The second kappa shape index (κ2) is 7.41. The Kier molecular flexibility index (Phi) is 5.83. The van der Waals surface area contributed by atoms with Crippen LogP contribution in [0.15, 0.2) is 42.5 Å². The lowest BCUT2D eigenvalue weighted by atomic mass is 9.72. The zero-order valence-corrected chi connectivity index (χ0v) is 15.1. The molecule has 0 saturated heterocycles. The van der Waals surface area contributed by atoms with Crippen LogP contribution < -0.4 is 0 Å². The van der Waals surface area contributed by atoms with Crippen LogP contribution in [0.25, 0.3) is 0 Å². The van der Waals surface area contributed by atoms with Crippen molar-refractivity contribution >= 4 is 9.04 Å². The molecule has 0 amide bonds. The standard InChI is InChI=1S/C19H30OSi/c1-5-6-12-19(15-20-21(3)4)14-16(2)13-18(19)17-10-8-7-9-11-17/h7-11,18,21H,2,5-6,12-15H2,1,3-4H3. The van der Waals surface area contributed by atoms with Gasteiger partial charge in [-0.15, -0.1) is 0 Å². The molecule has 1 aromatic carbocycles. The first-order valence-electron chi connectivity index (χ1n) is 8.40. The van der Waals surface area contributed by atoms with E-state index in [-0.39, 0.29) is 5.41 Å². The van der Waals surface area contributed by atoms with E-state index in [0.29, 0.717) is 5.92 Å². The predicted octanol–water partition coefficient (Wildman–Crippen LogP) is 5.30. The first-order chi connectivity index (χ1) is 10.1. The van der Waals surface area contributed by atoms with Crippen LogP contribution in [-0.2, 0) is 4.43 Å². The van der Waals surface area contributed by atoms with E-state index < -0.39 is 9.04 Å². The lowest BCUT2D eigenvalue weighted by molar-refractivity contribution is 0.119. The summed E-state index contributed by atoms with van der Waals surface area (Å²) in [6.45, 7) is 12.1. The van der Waals surface area contributed by atoms with Crippen LogP contribution in [0.2, 0.25) is 13.1 Å². The molecule has 1 fully saturated rings. The molecule has 1 aromatic rings. The highest BCUT2D eigenvalue weighted by molar-refractivity contribution is 6.48. The van der Waals surface area contributed by atoms with Crippen molar-refractivity contribution in [2.45, 2.75) is 58.0 Å². The van der Waals surface area contributed by atoms with Crippen molar-refractivity contribution in [1.29, 1.82) is 0 Å². The van der Waals surface area contributed by atoms with Gasteiger partial charge in [-0.05, 0) is 43.8 Å². The van der Waals surface area contributed by atoms with E-state index in [1.54, 1.807) is 0 Å². The van der Waals surface area contributed by atoms with E-state index in [0.717, 1.165) is 19.4 Å². The summed E-state index contributed by atoms with van der Waals surface area (Å²) in [4.78, 5) is 0. The molecule has 2 atom stereocenters. The Labute approximate surface area is 132 Å². The van der Waals surface area contributed by atoms with Crippen molar-refractivity contribution in [2.75, 3.05) is 6.61 Å². The molecule has 0 radical (unpaired) electrons. The highest BCUT2D eigenvalue weighted by atomic mass is 28.3. The molecule has 1 aliphatic rings. The zero-order chi connectivity index (χ0) is 15.3. The van der Waals surface area contributed by atoms with Gasteiger partial charge in [-0.3, -0.25) is 0 Å². The molecule has 2 rings (SSSR count). The van der Waals surface area contributed by atoms with Gasteiger partial charge in [0, 0.05) is 12.0 Å². The molecule has 21 heavy (non-hydrogen) atoms. The smallest absolute Gasteiger partial charge is 0.170 e. The van der Waals surface area contributed by atoms with Gasteiger partial charge in [0.2, 0.25) is 0 Å². The third kappa shape index (κ3) is 4.07. The van der Waals surface area contributed by atoms with Gasteiger partial charge in [0.1, 0.15) is 0 Å². The number of unbranched alkanes of at least 4 members (excludes halogenated alkanes) is 1. The third-order valence-corrected chi connectivity index (χ3v) is 5.60. The maximum atomic E-state index is 6.22. The Hall–Kier alpha value is -0.863. The summed E-state index contributed by atoms with van der Waals surface area (Å²) in [5, 5.41) is 0. The van der Waals surface area contributed by atoms with E-state index in [4.69, 9.17) is 4.43 Å². The molecule has 0 spiro atoms. The van der Waals surface area contributed by atoms with Crippen LogP contribution in [0.1, 0.15) is 50.5 Å². The highest BCUT2D eigenvalue weighted by Gasteiger charge is 2.44. The summed E-state index contributed by atoms with van der Waals surface area (Å²) in [6.07, 6.45) is 6.10. The van der Waals surface area contributed by atoms with E-state index >= 15 is 0 Å². The minimum Gasteiger partial charge on any atom is -0.420 e. The van der Waals surface area contributed by atoms with Gasteiger partial charge in [0.25, 0.3) is 0 Å². The lowest BCUT2D eigenvalue weighted by Crippen LogP contribution is -2.32. The van der Waals surface area contributed by atoms with Crippen LogP contribution in [0, 0.1) is 5.41 Å². The molecule has 1 nitrogen and oxygen atoms in total. The second-order valence-electron chi connectivity index (χ2n) is 6.92. The summed E-state index contributed by atoms with van der Waals surface area (Å²) < 4.78 is 6.22. The van der Waals surface area contributed by atoms with Crippen LogP contribution in [-0.4, -0.2) is 15.6 Å². The van der Waals surface area contributed by atoms with Crippen LogP contribution in [0.4, 0.5) is 0 Å². The molecule has 2 heteroatoms. The fourth-order valence-electron chi connectivity index (χ4n) is 3.70. The molecule has 116 valence electrons. The van der Waals surface area contributed by atoms with Crippen molar-refractivity contribution in [3.63, 3.8) is 0 Å². The summed E-state index contributed by atoms with van der Waals surface area (Å²) in [7, 11) is -0.976. The normalized spacial score (nSPS) is 25.7. The van der Waals surface area contributed by atoms with Gasteiger partial charge in [-0.2, -0.15) is 0 Å². The first-order valence-corrected chi connectivity index (χ1v) is 11.2. The maximum absolute atomic E-state index is 6.22. The van der Waals surface area contributed by atoms with Crippen molar-refractivity contribution in [1.82, 2.24) is 0 Å². The molecule has 0 N–H and O–H groups in total. The number of hydrogen-bond donors (Lipinski definition) is 0. The van der Waals surface area contributed by atoms with Crippen molar-refractivity contribution in [2.24, 2.45) is 5.41 Å². The van der Waals surface area contributed by atoms with E-state index in [9.17, 15) is 0 Å². The average molecular weight is 303 g/mol. The zero-order valence-electron chi connectivity index (χ0n) is 13.9. The van der Waals surface area contributed by atoms with Gasteiger partial charge in [0.15, 0.2) is 9.04 Å². The van der Waals surface area contributed by atoms with Crippen molar-refractivity contribution < 1.29 is 4.43 Å². The van der Waals surface area contributed by atoms with Gasteiger partial charge >= 0.3 is 0 Å². The number of rotatable bonds is 7. The molecule has 2 unspecified atom stereocenters. The van der Waals surface area contributed by atoms with E-state index in [2.05, 4.69) is 56.9 Å². The third-order valence-electron chi connectivity index (χ3n) is 4.77. The number of allylic oxidation sites excluding steroid dienone is 1. The van der Waals surface area contributed by atoms with Crippen LogP contribution in [0.3, 0.4) is 0 Å². The Morgan fingerprint density at radius 3 is 2.62 bits per heavy atom. The minimum absolute atomic E-state index is 0.283. The van der Waals surface area contributed by atoms with Gasteiger partial charge in [-0.1, -0.05) is 62.2 Å². The van der Waals surface area contributed by atoms with Crippen molar-refractivity contribution in [3.8, 4) is 0 Å². The van der Waals surface area contributed by atoms with E-state index in [1.165, 1.54) is 30.4 Å². The first kappa shape index (κ1) is 16.5. The van der Waals surface area contributed by atoms with E-state index in [1.807, 2.05) is 0 Å². The topological polar surface area (TPSA) is 9.23 Å². The predicted molar refractivity (Wildman–Crippen MR) is 94.3 cm³/mol. The fraction of sp³-hybridized carbons (Fsp3) is 0.579. The number of benzene rings is 1. The molecule has 0 aliphatic heterocycles. The van der Waals surface area contributed by atoms with Crippen molar-refractivity contribution in [3.05, 3.63) is 48.0 Å². The molecule has 1 aliphatic carbocycles.